The third-order valence-electron chi connectivity index (χ3n) is 2.58. The van der Waals surface area contributed by atoms with Crippen LogP contribution in [0.5, 0.6) is 0 Å². The van der Waals surface area contributed by atoms with E-state index >= 15 is 0 Å². The number of benzene rings is 1. The zero-order valence-electron chi connectivity index (χ0n) is 9.43. The fourth-order valence-electron chi connectivity index (χ4n) is 1.78. The number of alkyl halides is 1. The Kier molecular flexibility index (Phi) is 3.33. The van der Waals surface area contributed by atoms with Crippen LogP contribution in [0.4, 0.5) is 8.78 Å². The molecule has 0 aliphatic heterocycles. The van der Waals surface area contributed by atoms with Crippen molar-refractivity contribution < 1.29 is 13.2 Å². The Morgan fingerprint density at radius 2 is 1.82 bits per heavy atom. The highest BCUT2D eigenvalue weighted by molar-refractivity contribution is 9.09. The van der Waals surface area contributed by atoms with E-state index in [2.05, 4.69) is 15.9 Å². The zero-order valence-corrected chi connectivity index (χ0v) is 11.0. The Labute approximate surface area is 107 Å². The third kappa shape index (κ3) is 2.41. The predicted molar refractivity (Wildman–Crippen MR) is 65.3 cm³/mol. The highest BCUT2D eigenvalue weighted by atomic mass is 79.9. The van der Waals surface area contributed by atoms with Gasteiger partial charge < -0.3 is 4.42 Å². The maximum absolute atomic E-state index is 13.6. The van der Waals surface area contributed by atoms with E-state index in [1.165, 1.54) is 6.07 Å². The molecule has 1 unspecified atom stereocenters. The summed E-state index contributed by atoms with van der Waals surface area (Å²) >= 11 is 3.38. The molecule has 1 nitrogen and oxygen atoms in total. The highest BCUT2D eigenvalue weighted by Gasteiger charge is 2.19. The topological polar surface area (TPSA) is 13.1 Å². The number of hydrogen-bond acceptors (Lipinski definition) is 1. The molecule has 1 aromatic carbocycles. The lowest BCUT2D eigenvalue weighted by molar-refractivity contribution is 0.501. The SMILES string of the molecule is Cc1cc(C(Br)c2cc(F)ccc2F)c(C)o1. The van der Waals surface area contributed by atoms with Crippen LogP contribution in [0.15, 0.2) is 28.7 Å². The van der Waals surface area contributed by atoms with Gasteiger partial charge in [0.05, 0.1) is 4.83 Å². The van der Waals surface area contributed by atoms with Crippen molar-refractivity contribution in [3.63, 3.8) is 0 Å². The minimum atomic E-state index is -0.455. The van der Waals surface area contributed by atoms with Gasteiger partial charge >= 0.3 is 0 Å². The lowest BCUT2D eigenvalue weighted by atomic mass is 10.0. The van der Waals surface area contributed by atoms with Gasteiger partial charge in [-0.15, -0.1) is 0 Å². The minimum absolute atomic E-state index is 0.272. The van der Waals surface area contributed by atoms with E-state index in [9.17, 15) is 8.78 Å². The minimum Gasteiger partial charge on any atom is -0.466 e. The summed E-state index contributed by atoms with van der Waals surface area (Å²) in [5, 5.41) is 0. The number of furan rings is 1. The predicted octanol–water partition coefficient (Wildman–Crippen LogP) is 4.66. The molecule has 1 atom stereocenters. The molecule has 0 saturated carbocycles. The molecule has 0 radical (unpaired) electrons. The lowest BCUT2D eigenvalue weighted by Crippen LogP contribution is -1.97. The summed E-state index contributed by atoms with van der Waals surface area (Å²) in [7, 11) is 0. The molecule has 0 amide bonds. The second kappa shape index (κ2) is 4.61. The van der Waals surface area contributed by atoms with Gasteiger partial charge in [0.2, 0.25) is 0 Å². The monoisotopic (exact) mass is 300 g/mol. The average Bonchev–Trinajstić information content (AvgIpc) is 2.60. The first-order valence-corrected chi connectivity index (χ1v) is 6.06. The van der Waals surface area contributed by atoms with Crippen LogP contribution in [0.25, 0.3) is 0 Å². The Morgan fingerprint density at radius 1 is 1.12 bits per heavy atom. The van der Waals surface area contributed by atoms with E-state index in [1.807, 2.05) is 13.0 Å². The standard InChI is InChI=1S/C13H11BrF2O/c1-7-5-10(8(2)17-7)13(14)11-6-9(15)3-4-12(11)16/h3-6,13H,1-2H3. The third-order valence-corrected chi connectivity index (χ3v) is 3.57. The highest BCUT2D eigenvalue weighted by Crippen LogP contribution is 2.35. The van der Waals surface area contributed by atoms with Crippen molar-refractivity contribution in [3.05, 3.63) is 58.5 Å². The smallest absolute Gasteiger partial charge is 0.128 e. The molecule has 17 heavy (non-hydrogen) atoms. The van der Waals surface area contributed by atoms with Crippen molar-refractivity contribution in [2.24, 2.45) is 0 Å². The normalized spacial score (nSPS) is 12.8. The van der Waals surface area contributed by atoms with Crippen molar-refractivity contribution in [1.82, 2.24) is 0 Å². The molecule has 1 heterocycles. The molecule has 1 aromatic heterocycles. The van der Waals surface area contributed by atoms with E-state index in [4.69, 9.17) is 4.42 Å². The summed E-state index contributed by atoms with van der Waals surface area (Å²) in [6.45, 7) is 3.62. The van der Waals surface area contributed by atoms with Crippen LogP contribution in [0.3, 0.4) is 0 Å². The van der Waals surface area contributed by atoms with Crippen molar-refractivity contribution in [1.29, 1.82) is 0 Å². The van der Waals surface area contributed by atoms with Gasteiger partial charge in [-0.2, -0.15) is 0 Å². The first kappa shape index (κ1) is 12.3. The molecule has 0 bridgehead atoms. The molecule has 0 aliphatic rings. The van der Waals surface area contributed by atoms with Gasteiger partial charge in [0.25, 0.3) is 0 Å². The van der Waals surface area contributed by atoms with E-state index in [-0.39, 0.29) is 5.56 Å². The quantitative estimate of drug-likeness (QED) is 0.735. The average molecular weight is 301 g/mol. The molecule has 0 fully saturated rings. The fourth-order valence-corrected chi connectivity index (χ4v) is 2.58. The maximum Gasteiger partial charge on any atom is 0.128 e. The molecule has 0 saturated heterocycles. The largest absolute Gasteiger partial charge is 0.466 e. The number of rotatable bonds is 2. The van der Waals surface area contributed by atoms with E-state index in [0.29, 0.717) is 5.76 Å². The van der Waals surface area contributed by atoms with Crippen LogP contribution in [-0.4, -0.2) is 0 Å². The van der Waals surface area contributed by atoms with Crippen molar-refractivity contribution in [2.75, 3.05) is 0 Å². The molecule has 2 rings (SSSR count). The maximum atomic E-state index is 13.6. The Hall–Kier alpha value is -1.16. The first-order chi connectivity index (χ1) is 7.99. The summed E-state index contributed by atoms with van der Waals surface area (Å²) < 4.78 is 32.1. The molecule has 90 valence electrons. The van der Waals surface area contributed by atoms with Crippen molar-refractivity contribution in [3.8, 4) is 0 Å². The van der Waals surface area contributed by atoms with E-state index in [1.54, 1.807) is 6.92 Å². The second-order valence-corrected chi connectivity index (χ2v) is 4.81. The Bertz CT molecular complexity index is 548. The number of aryl methyl sites for hydroxylation is 2. The van der Waals surface area contributed by atoms with Crippen LogP contribution in [0, 0.1) is 25.5 Å². The van der Waals surface area contributed by atoms with Gasteiger partial charge in [0, 0.05) is 11.1 Å². The molecule has 0 aliphatic carbocycles. The van der Waals surface area contributed by atoms with Gasteiger partial charge in [-0.25, -0.2) is 8.78 Å². The number of halogens is 3. The molecular formula is C13H11BrF2O. The van der Waals surface area contributed by atoms with Crippen molar-refractivity contribution >= 4 is 15.9 Å². The summed E-state index contributed by atoms with van der Waals surface area (Å²) in [6.07, 6.45) is 0. The first-order valence-electron chi connectivity index (χ1n) is 5.15. The molecule has 0 spiro atoms. The summed E-state index contributed by atoms with van der Waals surface area (Å²) in [6, 6.07) is 5.24. The van der Waals surface area contributed by atoms with Crippen molar-refractivity contribution in [2.45, 2.75) is 18.7 Å². The molecular weight excluding hydrogens is 290 g/mol. The zero-order chi connectivity index (χ0) is 12.6. The van der Waals surface area contributed by atoms with Crippen LogP contribution in [0.1, 0.15) is 27.5 Å². The number of hydrogen-bond donors (Lipinski definition) is 0. The fraction of sp³-hybridized carbons (Fsp3) is 0.231. The molecule has 4 heteroatoms. The summed E-state index contributed by atoms with van der Waals surface area (Å²) in [5.74, 6) is 0.557. The van der Waals surface area contributed by atoms with Crippen LogP contribution < -0.4 is 0 Å². The van der Waals surface area contributed by atoms with Gasteiger partial charge in [-0.05, 0) is 38.1 Å². The molecule has 0 N–H and O–H groups in total. The van der Waals surface area contributed by atoms with E-state index < -0.39 is 16.5 Å². The summed E-state index contributed by atoms with van der Waals surface area (Å²) in [4.78, 5) is -0.407. The van der Waals surface area contributed by atoms with E-state index in [0.717, 1.165) is 23.5 Å². The Balaban J connectivity index is 2.46. The Morgan fingerprint density at radius 3 is 2.41 bits per heavy atom. The van der Waals surface area contributed by atoms with Gasteiger partial charge in [0.15, 0.2) is 0 Å². The second-order valence-electron chi connectivity index (χ2n) is 3.90. The van der Waals surface area contributed by atoms with Gasteiger partial charge in [0.1, 0.15) is 23.2 Å². The van der Waals surface area contributed by atoms with Crippen LogP contribution in [-0.2, 0) is 0 Å². The van der Waals surface area contributed by atoms with Crippen LogP contribution in [0.2, 0.25) is 0 Å². The molecule has 2 aromatic rings. The van der Waals surface area contributed by atoms with Gasteiger partial charge in [-0.1, -0.05) is 15.9 Å². The summed E-state index contributed by atoms with van der Waals surface area (Å²) in [5.41, 5.74) is 1.08. The van der Waals surface area contributed by atoms with Gasteiger partial charge in [-0.3, -0.25) is 0 Å². The van der Waals surface area contributed by atoms with Crippen LogP contribution >= 0.6 is 15.9 Å². The lowest BCUT2D eigenvalue weighted by Gasteiger charge is -2.10.